The Bertz CT molecular complexity index is 394. The molecule has 0 aliphatic rings. The van der Waals surface area contributed by atoms with Gasteiger partial charge >= 0.3 is 5.69 Å². The van der Waals surface area contributed by atoms with Crippen molar-refractivity contribution in [2.45, 2.75) is 6.42 Å². The maximum Gasteiger partial charge on any atom is 0.372 e. The zero-order chi connectivity index (χ0) is 12.0. The van der Waals surface area contributed by atoms with Crippen LogP contribution in [0.5, 0.6) is 5.88 Å². The lowest BCUT2D eigenvalue weighted by molar-refractivity contribution is -0.385. The molecule has 0 bridgehead atoms. The van der Waals surface area contributed by atoms with Gasteiger partial charge in [0.25, 0.3) is 5.88 Å². The highest BCUT2D eigenvalue weighted by atomic mass is 16.6. The van der Waals surface area contributed by atoms with E-state index < -0.39 is 4.92 Å². The summed E-state index contributed by atoms with van der Waals surface area (Å²) in [5.74, 6) is 0.0970. The first-order chi connectivity index (χ1) is 7.70. The van der Waals surface area contributed by atoms with E-state index in [0.29, 0.717) is 13.0 Å². The molecule has 0 aliphatic heterocycles. The van der Waals surface area contributed by atoms with Crippen LogP contribution >= 0.6 is 0 Å². The Morgan fingerprint density at radius 1 is 1.69 bits per heavy atom. The Labute approximate surface area is 92.3 Å². The van der Waals surface area contributed by atoms with Crippen LogP contribution in [0.4, 0.5) is 11.5 Å². The zero-order valence-corrected chi connectivity index (χ0v) is 8.84. The van der Waals surface area contributed by atoms with Gasteiger partial charge in [-0.2, -0.15) is 4.98 Å². The first-order valence-electron chi connectivity index (χ1n) is 4.61. The molecule has 0 aromatic carbocycles. The third-order valence-electron chi connectivity index (χ3n) is 1.77. The van der Waals surface area contributed by atoms with E-state index in [9.17, 15) is 10.1 Å². The molecule has 1 aromatic heterocycles. The molecule has 16 heavy (non-hydrogen) atoms. The number of hydrogen-bond acceptors (Lipinski definition) is 6. The summed E-state index contributed by atoms with van der Waals surface area (Å²) >= 11 is 0. The summed E-state index contributed by atoms with van der Waals surface area (Å²) in [4.78, 5) is 17.7. The molecule has 0 saturated carbocycles. The molecule has 0 spiro atoms. The van der Waals surface area contributed by atoms with Gasteiger partial charge < -0.3 is 10.1 Å². The number of nitrogens with one attached hydrogen (secondary N) is 1. The lowest BCUT2D eigenvalue weighted by atomic mass is 10.4. The lowest BCUT2D eigenvalue weighted by Crippen LogP contribution is -2.06. The average Bonchev–Trinajstić information content (AvgIpc) is 2.28. The van der Waals surface area contributed by atoms with E-state index in [1.54, 1.807) is 13.1 Å². The van der Waals surface area contributed by atoms with Crippen molar-refractivity contribution in [1.29, 1.82) is 0 Å². The standard InChI is InChI=1S/C9H12N4O3/c1-3-4-5-16-9-7(13(14)15)8(10-2)11-6-12-9/h3,6H,1,4-5H2,2H3,(H,10,11,12). The fourth-order valence-corrected chi connectivity index (χ4v) is 1.05. The summed E-state index contributed by atoms with van der Waals surface area (Å²) in [6.45, 7) is 3.82. The van der Waals surface area contributed by atoms with Crippen molar-refractivity contribution in [1.82, 2.24) is 9.97 Å². The number of aromatic nitrogens is 2. The SMILES string of the molecule is C=CCCOc1ncnc(NC)c1[N+](=O)[O-]. The Hall–Kier alpha value is -2.18. The third-order valence-corrected chi connectivity index (χ3v) is 1.77. The van der Waals surface area contributed by atoms with Crippen molar-refractivity contribution < 1.29 is 9.66 Å². The smallest absolute Gasteiger partial charge is 0.372 e. The predicted molar refractivity (Wildman–Crippen MR) is 58.5 cm³/mol. The number of nitrogens with zero attached hydrogens (tertiary/aromatic N) is 3. The van der Waals surface area contributed by atoms with Crippen molar-refractivity contribution in [3.8, 4) is 5.88 Å². The van der Waals surface area contributed by atoms with Crippen LogP contribution in [0.15, 0.2) is 19.0 Å². The maximum atomic E-state index is 10.8. The minimum atomic E-state index is -0.574. The number of rotatable bonds is 6. The van der Waals surface area contributed by atoms with E-state index in [4.69, 9.17) is 4.74 Å². The molecule has 7 heteroatoms. The van der Waals surface area contributed by atoms with Gasteiger partial charge in [0.1, 0.15) is 6.33 Å². The largest absolute Gasteiger partial charge is 0.472 e. The first-order valence-corrected chi connectivity index (χ1v) is 4.61. The van der Waals surface area contributed by atoms with Crippen molar-refractivity contribution >= 4 is 11.5 Å². The molecular formula is C9H12N4O3. The predicted octanol–water partition coefficient (Wildman–Crippen LogP) is 1.38. The van der Waals surface area contributed by atoms with E-state index in [1.165, 1.54) is 6.33 Å². The second-order valence-electron chi connectivity index (χ2n) is 2.81. The van der Waals surface area contributed by atoms with E-state index >= 15 is 0 Å². The summed E-state index contributed by atoms with van der Waals surface area (Å²) in [5.41, 5.74) is -0.255. The molecule has 0 amide bonds. The normalized spacial score (nSPS) is 9.56. The van der Waals surface area contributed by atoms with Gasteiger partial charge in [-0.3, -0.25) is 10.1 Å². The number of ether oxygens (including phenoxy) is 1. The number of anilines is 1. The molecule has 0 unspecified atom stereocenters. The summed E-state index contributed by atoms with van der Waals surface area (Å²) in [6.07, 6.45) is 3.46. The fourth-order valence-electron chi connectivity index (χ4n) is 1.05. The van der Waals surface area contributed by atoms with Crippen LogP contribution in [0, 0.1) is 10.1 Å². The van der Waals surface area contributed by atoms with Gasteiger partial charge in [0.05, 0.1) is 11.5 Å². The third kappa shape index (κ3) is 2.66. The Kier molecular flexibility index (Phi) is 4.19. The van der Waals surface area contributed by atoms with Crippen LogP contribution in [0.25, 0.3) is 0 Å². The molecule has 0 aliphatic carbocycles. The molecule has 0 atom stereocenters. The summed E-state index contributed by atoms with van der Waals surface area (Å²) in [5, 5.41) is 13.4. The molecule has 0 saturated heterocycles. The Balaban J connectivity index is 2.97. The van der Waals surface area contributed by atoms with Crippen molar-refractivity contribution in [2.75, 3.05) is 19.0 Å². The van der Waals surface area contributed by atoms with Gasteiger partial charge in [0, 0.05) is 7.05 Å². The van der Waals surface area contributed by atoms with Crippen LogP contribution in [-0.2, 0) is 0 Å². The van der Waals surface area contributed by atoms with Crippen molar-refractivity contribution in [3.63, 3.8) is 0 Å². The summed E-state index contributed by atoms with van der Waals surface area (Å²) in [7, 11) is 1.54. The fraction of sp³-hybridized carbons (Fsp3) is 0.333. The van der Waals surface area contributed by atoms with Crippen molar-refractivity contribution in [3.05, 3.63) is 29.1 Å². The summed E-state index contributed by atoms with van der Waals surface area (Å²) < 4.78 is 5.18. The quantitative estimate of drug-likeness (QED) is 0.340. The highest BCUT2D eigenvalue weighted by Gasteiger charge is 2.23. The Morgan fingerprint density at radius 3 is 3.00 bits per heavy atom. The van der Waals surface area contributed by atoms with E-state index in [1.807, 2.05) is 0 Å². The van der Waals surface area contributed by atoms with E-state index in [-0.39, 0.29) is 17.4 Å². The van der Waals surface area contributed by atoms with Gasteiger partial charge in [-0.05, 0) is 6.42 Å². The van der Waals surface area contributed by atoms with Crippen molar-refractivity contribution in [2.24, 2.45) is 0 Å². The zero-order valence-electron chi connectivity index (χ0n) is 8.84. The van der Waals surface area contributed by atoms with Gasteiger partial charge in [0.15, 0.2) is 0 Å². The Morgan fingerprint density at radius 2 is 2.44 bits per heavy atom. The molecule has 1 heterocycles. The van der Waals surface area contributed by atoms with E-state index in [2.05, 4.69) is 21.9 Å². The van der Waals surface area contributed by atoms with Crippen LogP contribution in [0.3, 0.4) is 0 Å². The molecule has 0 fully saturated rings. The maximum absolute atomic E-state index is 10.8. The summed E-state index contributed by atoms with van der Waals surface area (Å²) in [6, 6.07) is 0. The number of nitro groups is 1. The van der Waals surface area contributed by atoms with Crippen LogP contribution < -0.4 is 10.1 Å². The van der Waals surface area contributed by atoms with Crippen LogP contribution in [0.2, 0.25) is 0 Å². The van der Waals surface area contributed by atoms with Crippen LogP contribution in [0.1, 0.15) is 6.42 Å². The molecule has 1 N–H and O–H groups in total. The lowest BCUT2D eigenvalue weighted by Gasteiger charge is -2.06. The monoisotopic (exact) mass is 224 g/mol. The second-order valence-corrected chi connectivity index (χ2v) is 2.81. The number of hydrogen-bond donors (Lipinski definition) is 1. The highest BCUT2D eigenvalue weighted by Crippen LogP contribution is 2.30. The molecule has 1 aromatic rings. The van der Waals surface area contributed by atoms with Gasteiger partial charge in [-0.25, -0.2) is 4.98 Å². The molecule has 1 rings (SSSR count). The minimum absolute atomic E-state index is 0.0359. The average molecular weight is 224 g/mol. The molecule has 0 radical (unpaired) electrons. The minimum Gasteiger partial charge on any atom is -0.472 e. The molecule has 7 nitrogen and oxygen atoms in total. The highest BCUT2D eigenvalue weighted by molar-refractivity contribution is 5.60. The van der Waals surface area contributed by atoms with E-state index in [0.717, 1.165) is 0 Å². The van der Waals surface area contributed by atoms with Gasteiger partial charge in [-0.15, -0.1) is 6.58 Å². The van der Waals surface area contributed by atoms with Crippen LogP contribution in [-0.4, -0.2) is 28.5 Å². The molecular weight excluding hydrogens is 212 g/mol. The first kappa shape index (κ1) is 11.9. The van der Waals surface area contributed by atoms with Gasteiger partial charge in [-0.1, -0.05) is 6.08 Å². The molecule has 86 valence electrons. The second kappa shape index (κ2) is 5.64. The topological polar surface area (TPSA) is 90.2 Å². The van der Waals surface area contributed by atoms with Gasteiger partial charge in [0.2, 0.25) is 5.82 Å².